The minimum atomic E-state index is -1.19. The fourth-order valence-electron chi connectivity index (χ4n) is 3.56. The molecule has 0 aliphatic rings. The van der Waals surface area contributed by atoms with Crippen LogP contribution in [0.2, 0.25) is 0 Å². The SMILES string of the molecule is CCc1ccc(-c2cccc3c(O)c(C(=O)NCC(=O)O)n4nc(C)nc4c23)cc1. The average molecular weight is 404 g/mol. The Balaban J connectivity index is 2.00. The summed E-state index contributed by atoms with van der Waals surface area (Å²) >= 11 is 0. The Hall–Kier alpha value is -3.94. The van der Waals surface area contributed by atoms with Crippen LogP contribution in [-0.4, -0.2) is 43.2 Å². The lowest BCUT2D eigenvalue weighted by atomic mass is 9.97. The summed E-state index contributed by atoms with van der Waals surface area (Å²) in [6.07, 6.45) is 0.930. The molecule has 4 rings (SSSR count). The van der Waals surface area contributed by atoms with Crippen LogP contribution in [0.1, 0.15) is 28.8 Å². The van der Waals surface area contributed by atoms with E-state index in [4.69, 9.17) is 5.11 Å². The zero-order chi connectivity index (χ0) is 21.4. The van der Waals surface area contributed by atoms with E-state index in [0.29, 0.717) is 22.2 Å². The Labute approximate surface area is 171 Å². The van der Waals surface area contributed by atoms with Crippen LogP contribution >= 0.6 is 0 Å². The minimum absolute atomic E-state index is 0.155. The number of aromatic hydroxyl groups is 1. The van der Waals surface area contributed by atoms with E-state index in [0.717, 1.165) is 17.5 Å². The Bertz CT molecular complexity index is 1290. The topological polar surface area (TPSA) is 117 Å². The number of hydrogen-bond donors (Lipinski definition) is 3. The third-order valence-electron chi connectivity index (χ3n) is 4.98. The monoisotopic (exact) mass is 404 g/mol. The first-order valence-electron chi connectivity index (χ1n) is 9.51. The largest absolute Gasteiger partial charge is 0.505 e. The molecule has 3 N–H and O–H groups in total. The Morgan fingerprint density at radius 1 is 1.13 bits per heavy atom. The lowest BCUT2D eigenvalue weighted by molar-refractivity contribution is -0.135. The highest BCUT2D eigenvalue weighted by molar-refractivity contribution is 6.12. The molecule has 152 valence electrons. The summed E-state index contributed by atoms with van der Waals surface area (Å²) in [5.41, 5.74) is 3.26. The van der Waals surface area contributed by atoms with Gasteiger partial charge in [-0.1, -0.05) is 49.4 Å². The highest BCUT2D eigenvalue weighted by atomic mass is 16.4. The van der Waals surface area contributed by atoms with E-state index in [1.807, 2.05) is 30.3 Å². The van der Waals surface area contributed by atoms with Crippen molar-refractivity contribution in [2.45, 2.75) is 20.3 Å². The van der Waals surface area contributed by atoms with Crippen molar-refractivity contribution >= 4 is 28.3 Å². The van der Waals surface area contributed by atoms with Gasteiger partial charge in [0, 0.05) is 10.8 Å². The number of carbonyl (C=O) groups is 2. The van der Waals surface area contributed by atoms with Gasteiger partial charge in [-0.25, -0.2) is 9.50 Å². The van der Waals surface area contributed by atoms with Crippen LogP contribution in [0.3, 0.4) is 0 Å². The molecule has 1 amide bonds. The highest BCUT2D eigenvalue weighted by Crippen LogP contribution is 2.37. The number of fused-ring (bicyclic) bond motifs is 3. The summed E-state index contributed by atoms with van der Waals surface area (Å²) in [4.78, 5) is 28.0. The molecule has 2 aromatic heterocycles. The Morgan fingerprint density at radius 2 is 1.87 bits per heavy atom. The maximum absolute atomic E-state index is 12.6. The molecule has 0 bridgehead atoms. The maximum atomic E-state index is 12.6. The van der Waals surface area contributed by atoms with Crippen molar-refractivity contribution in [2.24, 2.45) is 0 Å². The van der Waals surface area contributed by atoms with E-state index in [1.165, 1.54) is 10.1 Å². The number of hydrogen-bond acceptors (Lipinski definition) is 5. The number of benzene rings is 2. The number of aromatic nitrogens is 3. The Kier molecular flexibility index (Phi) is 4.83. The molecule has 0 aliphatic heterocycles. The number of carbonyl (C=O) groups excluding carboxylic acids is 1. The van der Waals surface area contributed by atoms with Crippen molar-refractivity contribution in [2.75, 3.05) is 6.54 Å². The number of aryl methyl sites for hydroxylation is 2. The van der Waals surface area contributed by atoms with E-state index in [1.54, 1.807) is 19.1 Å². The highest BCUT2D eigenvalue weighted by Gasteiger charge is 2.24. The van der Waals surface area contributed by atoms with Gasteiger partial charge >= 0.3 is 5.97 Å². The third-order valence-corrected chi connectivity index (χ3v) is 4.98. The van der Waals surface area contributed by atoms with Crippen molar-refractivity contribution < 1.29 is 19.8 Å². The summed E-state index contributed by atoms with van der Waals surface area (Å²) in [7, 11) is 0. The van der Waals surface area contributed by atoms with Gasteiger partial charge in [0.2, 0.25) is 0 Å². The number of pyridine rings is 1. The predicted molar refractivity (Wildman–Crippen MR) is 112 cm³/mol. The molecule has 0 saturated heterocycles. The van der Waals surface area contributed by atoms with Crippen molar-refractivity contribution in [3.05, 3.63) is 59.5 Å². The number of rotatable bonds is 5. The summed E-state index contributed by atoms with van der Waals surface area (Å²) < 4.78 is 1.27. The predicted octanol–water partition coefficient (Wildman–Crippen LogP) is 2.94. The van der Waals surface area contributed by atoms with Crippen molar-refractivity contribution in [3.8, 4) is 16.9 Å². The van der Waals surface area contributed by atoms with Gasteiger partial charge in [0.25, 0.3) is 5.91 Å². The number of nitrogens with one attached hydrogen (secondary N) is 1. The molecule has 30 heavy (non-hydrogen) atoms. The molecular formula is C22H20N4O4. The van der Waals surface area contributed by atoms with Crippen LogP contribution in [0.25, 0.3) is 27.5 Å². The minimum Gasteiger partial charge on any atom is -0.505 e. The lowest BCUT2D eigenvalue weighted by Crippen LogP contribution is -2.31. The molecule has 8 nitrogen and oxygen atoms in total. The zero-order valence-electron chi connectivity index (χ0n) is 16.5. The molecule has 0 aliphatic carbocycles. The van der Waals surface area contributed by atoms with Crippen LogP contribution in [-0.2, 0) is 11.2 Å². The quantitative estimate of drug-likeness (QED) is 0.471. The van der Waals surface area contributed by atoms with Crippen LogP contribution in [0.15, 0.2) is 42.5 Å². The second kappa shape index (κ2) is 7.47. The summed E-state index contributed by atoms with van der Waals surface area (Å²) in [6.45, 7) is 3.20. The van der Waals surface area contributed by atoms with E-state index < -0.39 is 18.4 Å². The number of amides is 1. The molecule has 4 aromatic rings. The van der Waals surface area contributed by atoms with Crippen molar-refractivity contribution in [1.82, 2.24) is 19.9 Å². The first-order chi connectivity index (χ1) is 14.4. The van der Waals surface area contributed by atoms with E-state index in [-0.39, 0.29) is 11.4 Å². The van der Waals surface area contributed by atoms with Gasteiger partial charge in [-0.15, -0.1) is 0 Å². The number of carboxylic acid groups (broad SMARTS) is 1. The molecule has 2 aromatic carbocycles. The molecule has 0 fully saturated rings. The van der Waals surface area contributed by atoms with E-state index in [9.17, 15) is 14.7 Å². The lowest BCUT2D eigenvalue weighted by Gasteiger charge is -2.13. The van der Waals surface area contributed by atoms with Crippen molar-refractivity contribution in [1.29, 1.82) is 0 Å². The van der Waals surface area contributed by atoms with Gasteiger partial charge in [-0.05, 0) is 30.0 Å². The van der Waals surface area contributed by atoms with Crippen LogP contribution in [0.4, 0.5) is 0 Å². The van der Waals surface area contributed by atoms with Crippen LogP contribution in [0, 0.1) is 6.92 Å². The maximum Gasteiger partial charge on any atom is 0.322 e. The summed E-state index contributed by atoms with van der Waals surface area (Å²) in [5, 5.41) is 27.5. The molecule has 0 unspecified atom stereocenters. The first-order valence-corrected chi connectivity index (χ1v) is 9.51. The second-order valence-electron chi connectivity index (χ2n) is 6.95. The van der Waals surface area contributed by atoms with Crippen LogP contribution in [0.5, 0.6) is 5.75 Å². The van der Waals surface area contributed by atoms with Gasteiger partial charge < -0.3 is 15.5 Å². The van der Waals surface area contributed by atoms with Gasteiger partial charge in [-0.3, -0.25) is 9.59 Å². The molecule has 0 atom stereocenters. The average Bonchev–Trinajstić information content (AvgIpc) is 3.13. The van der Waals surface area contributed by atoms with E-state index >= 15 is 0 Å². The molecule has 8 heteroatoms. The van der Waals surface area contributed by atoms with Gasteiger partial charge in [0.05, 0.1) is 0 Å². The number of aliphatic carboxylic acids is 1. The third kappa shape index (κ3) is 3.22. The second-order valence-corrected chi connectivity index (χ2v) is 6.95. The van der Waals surface area contributed by atoms with Gasteiger partial charge in [0.1, 0.15) is 12.4 Å². The molecule has 0 saturated carbocycles. The first kappa shape index (κ1) is 19.4. The van der Waals surface area contributed by atoms with Gasteiger partial charge in [0.15, 0.2) is 17.1 Å². The van der Waals surface area contributed by atoms with E-state index in [2.05, 4.69) is 22.3 Å². The molecular weight excluding hydrogens is 384 g/mol. The standard InChI is InChI=1S/C22H20N4O4/c1-3-13-7-9-14(10-8-13)15-5-4-6-16-18(15)21-24-12(2)25-26(21)19(20(16)29)22(30)23-11-17(27)28/h4-10,29H,3,11H2,1-2H3,(H,23,30)(H,27,28). The molecule has 0 radical (unpaired) electrons. The molecule has 0 spiro atoms. The zero-order valence-corrected chi connectivity index (χ0v) is 16.5. The van der Waals surface area contributed by atoms with Gasteiger partial charge in [-0.2, -0.15) is 5.10 Å². The van der Waals surface area contributed by atoms with Crippen molar-refractivity contribution in [3.63, 3.8) is 0 Å². The smallest absolute Gasteiger partial charge is 0.322 e. The Morgan fingerprint density at radius 3 is 2.53 bits per heavy atom. The number of nitrogens with zero attached hydrogens (tertiary/aromatic N) is 3. The fourth-order valence-corrected chi connectivity index (χ4v) is 3.56. The van der Waals surface area contributed by atoms with Crippen LogP contribution < -0.4 is 5.32 Å². The fraction of sp³-hybridized carbons (Fsp3) is 0.182. The molecule has 2 heterocycles. The number of carboxylic acids is 1. The summed E-state index contributed by atoms with van der Waals surface area (Å²) in [6, 6.07) is 13.5. The normalized spacial score (nSPS) is 11.1. The summed E-state index contributed by atoms with van der Waals surface area (Å²) in [5.74, 6) is -1.79.